The molecule has 5 heteroatoms. The fourth-order valence-electron chi connectivity index (χ4n) is 1.63. The van der Waals surface area contributed by atoms with Crippen molar-refractivity contribution in [1.82, 2.24) is 20.1 Å². The Morgan fingerprint density at radius 1 is 1.33 bits per heavy atom. The Morgan fingerprint density at radius 3 is 2.89 bits per heavy atom. The summed E-state index contributed by atoms with van der Waals surface area (Å²) in [5, 5.41) is 7.37. The normalized spacial score (nSPS) is 10.6. The van der Waals surface area contributed by atoms with Crippen molar-refractivity contribution in [2.24, 2.45) is 7.05 Å². The number of hydrogen-bond donors (Lipinski definition) is 1. The van der Waals surface area contributed by atoms with E-state index in [0.29, 0.717) is 12.6 Å². The Labute approximate surface area is 107 Å². The van der Waals surface area contributed by atoms with Crippen molar-refractivity contribution in [3.05, 3.63) is 41.7 Å². The van der Waals surface area contributed by atoms with Crippen molar-refractivity contribution >= 4 is 0 Å². The molecule has 0 spiro atoms. The summed E-state index contributed by atoms with van der Waals surface area (Å²) in [6.45, 7) is 4.44. The lowest BCUT2D eigenvalue weighted by atomic mass is 10.1. The van der Waals surface area contributed by atoms with Gasteiger partial charge in [0.05, 0.1) is 0 Å². The SMILES string of the molecule is CCNCc1cccc(COc2ncn(C)n2)c1. The fraction of sp³-hybridized carbons (Fsp3) is 0.385. The molecule has 0 aliphatic heterocycles. The molecule has 0 unspecified atom stereocenters. The summed E-state index contributed by atoms with van der Waals surface area (Å²) in [6, 6.07) is 8.72. The van der Waals surface area contributed by atoms with Crippen LogP contribution in [0.15, 0.2) is 30.6 Å². The molecule has 5 nitrogen and oxygen atoms in total. The summed E-state index contributed by atoms with van der Waals surface area (Å²) >= 11 is 0. The minimum Gasteiger partial charge on any atom is -0.458 e. The maximum Gasteiger partial charge on any atom is 0.335 e. The lowest BCUT2D eigenvalue weighted by molar-refractivity contribution is 0.280. The largest absolute Gasteiger partial charge is 0.458 e. The van der Waals surface area contributed by atoms with E-state index in [1.54, 1.807) is 11.0 Å². The minimum atomic E-state index is 0.412. The van der Waals surface area contributed by atoms with Crippen LogP contribution in [0.25, 0.3) is 0 Å². The molecular formula is C13H18N4O. The number of aromatic nitrogens is 3. The number of benzene rings is 1. The average Bonchev–Trinajstić information content (AvgIpc) is 2.80. The molecule has 1 aromatic heterocycles. The summed E-state index contributed by atoms with van der Waals surface area (Å²) in [5.41, 5.74) is 2.38. The quantitative estimate of drug-likeness (QED) is 0.839. The van der Waals surface area contributed by atoms with Gasteiger partial charge in [0.25, 0.3) is 0 Å². The van der Waals surface area contributed by atoms with Crippen LogP contribution in [0.4, 0.5) is 0 Å². The van der Waals surface area contributed by atoms with Gasteiger partial charge < -0.3 is 10.1 Å². The van der Waals surface area contributed by atoms with Crippen LogP contribution in [-0.4, -0.2) is 21.3 Å². The predicted molar refractivity (Wildman–Crippen MR) is 69.2 cm³/mol. The Hall–Kier alpha value is -1.88. The number of hydrogen-bond acceptors (Lipinski definition) is 4. The van der Waals surface area contributed by atoms with Gasteiger partial charge in [-0.05, 0) is 17.7 Å². The molecule has 1 heterocycles. The van der Waals surface area contributed by atoms with E-state index in [4.69, 9.17) is 4.74 Å². The van der Waals surface area contributed by atoms with E-state index in [-0.39, 0.29) is 0 Å². The molecule has 0 amide bonds. The van der Waals surface area contributed by atoms with Gasteiger partial charge in [0.1, 0.15) is 12.9 Å². The number of ether oxygens (including phenoxy) is 1. The first kappa shape index (κ1) is 12.6. The zero-order chi connectivity index (χ0) is 12.8. The molecule has 2 rings (SSSR count). The van der Waals surface area contributed by atoms with Crippen LogP contribution in [-0.2, 0) is 20.2 Å². The lowest BCUT2D eigenvalue weighted by Crippen LogP contribution is -2.11. The molecule has 0 bridgehead atoms. The maximum atomic E-state index is 5.51. The summed E-state index contributed by atoms with van der Waals surface area (Å²) in [5.74, 6) is 0. The summed E-state index contributed by atoms with van der Waals surface area (Å²) in [7, 11) is 1.82. The van der Waals surface area contributed by atoms with Crippen molar-refractivity contribution in [2.45, 2.75) is 20.1 Å². The van der Waals surface area contributed by atoms with Gasteiger partial charge in [-0.15, -0.1) is 5.10 Å². The van der Waals surface area contributed by atoms with Crippen molar-refractivity contribution in [3.8, 4) is 6.01 Å². The molecule has 0 saturated heterocycles. The van der Waals surface area contributed by atoms with Crippen LogP contribution in [0, 0.1) is 0 Å². The van der Waals surface area contributed by atoms with E-state index >= 15 is 0 Å². The fourth-order valence-corrected chi connectivity index (χ4v) is 1.63. The van der Waals surface area contributed by atoms with Crippen LogP contribution >= 0.6 is 0 Å². The van der Waals surface area contributed by atoms with Gasteiger partial charge in [0.15, 0.2) is 0 Å². The molecule has 0 fully saturated rings. The number of nitrogens with zero attached hydrogens (tertiary/aromatic N) is 3. The van der Waals surface area contributed by atoms with Crippen molar-refractivity contribution < 1.29 is 4.74 Å². The Kier molecular flexibility index (Phi) is 4.30. The standard InChI is InChI=1S/C13H18N4O/c1-3-14-8-11-5-4-6-12(7-11)9-18-13-15-10-17(2)16-13/h4-7,10,14H,3,8-9H2,1-2H3. The van der Waals surface area contributed by atoms with E-state index in [9.17, 15) is 0 Å². The molecule has 1 N–H and O–H groups in total. The zero-order valence-corrected chi connectivity index (χ0v) is 10.8. The summed E-state index contributed by atoms with van der Waals surface area (Å²) in [4.78, 5) is 4.02. The topological polar surface area (TPSA) is 52.0 Å². The first-order chi connectivity index (χ1) is 8.78. The second-order valence-electron chi connectivity index (χ2n) is 4.09. The molecule has 0 aliphatic rings. The maximum absolute atomic E-state index is 5.51. The van der Waals surface area contributed by atoms with Gasteiger partial charge >= 0.3 is 6.01 Å². The Bertz CT molecular complexity index is 495. The summed E-state index contributed by atoms with van der Waals surface area (Å²) in [6.07, 6.45) is 1.62. The second-order valence-corrected chi connectivity index (χ2v) is 4.09. The highest BCUT2D eigenvalue weighted by molar-refractivity contribution is 5.23. The molecular weight excluding hydrogens is 228 g/mol. The van der Waals surface area contributed by atoms with Crippen LogP contribution in [0.2, 0.25) is 0 Å². The monoisotopic (exact) mass is 246 g/mol. The molecule has 0 aliphatic carbocycles. The van der Waals surface area contributed by atoms with Crippen molar-refractivity contribution in [3.63, 3.8) is 0 Å². The lowest BCUT2D eigenvalue weighted by Gasteiger charge is -2.06. The third-order valence-electron chi connectivity index (χ3n) is 2.52. The Balaban J connectivity index is 1.92. The van der Waals surface area contributed by atoms with Gasteiger partial charge in [-0.1, -0.05) is 31.2 Å². The van der Waals surface area contributed by atoms with Gasteiger partial charge in [0, 0.05) is 13.6 Å². The van der Waals surface area contributed by atoms with Crippen molar-refractivity contribution in [2.75, 3.05) is 6.54 Å². The van der Waals surface area contributed by atoms with Gasteiger partial charge in [0.2, 0.25) is 0 Å². The predicted octanol–water partition coefficient (Wildman–Crippen LogP) is 1.50. The van der Waals surface area contributed by atoms with Crippen molar-refractivity contribution in [1.29, 1.82) is 0 Å². The summed E-state index contributed by atoms with van der Waals surface area (Å²) < 4.78 is 7.13. The van der Waals surface area contributed by atoms with Gasteiger partial charge in [-0.2, -0.15) is 4.98 Å². The highest BCUT2D eigenvalue weighted by atomic mass is 16.5. The number of rotatable bonds is 6. The third kappa shape index (κ3) is 3.56. The smallest absolute Gasteiger partial charge is 0.335 e. The third-order valence-corrected chi connectivity index (χ3v) is 2.52. The van der Waals surface area contributed by atoms with Crippen LogP contribution in [0.1, 0.15) is 18.1 Å². The van der Waals surface area contributed by atoms with E-state index in [2.05, 4.69) is 34.5 Å². The average molecular weight is 246 g/mol. The van der Waals surface area contributed by atoms with E-state index in [1.807, 2.05) is 19.2 Å². The molecule has 96 valence electrons. The Morgan fingerprint density at radius 2 is 2.17 bits per heavy atom. The first-order valence-corrected chi connectivity index (χ1v) is 6.05. The zero-order valence-electron chi connectivity index (χ0n) is 10.8. The molecule has 18 heavy (non-hydrogen) atoms. The number of nitrogens with one attached hydrogen (secondary N) is 1. The van der Waals surface area contributed by atoms with Crippen LogP contribution < -0.4 is 10.1 Å². The van der Waals surface area contributed by atoms with Crippen LogP contribution in [0.5, 0.6) is 6.01 Å². The van der Waals surface area contributed by atoms with Crippen LogP contribution in [0.3, 0.4) is 0 Å². The van der Waals surface area contributed by atoms with Gasteiger partial charge in [-0.25, -0.2) is 0 Å². The minimum absolute atomic E-state index is 0.412. The molecule has 0 saturated carbocycles. The van der Waals surface area contributed by atoms with E-state index < -0.39 is 0 Å². The molecule has 0 atom stereocenters. The highest BCUT2D eigenvalue weighted by Gasteiger charge is 2.01. The molecule has 2 aromatic rings. The van der Waals surface area contributed by atoms with E-state index in [1.165, 1.54) is 5.56 Å². The number of aryl methyl sites for hydroxylation is 1. The first-order valence-electron chi connectivity index (χ1n) is 6.05. The molecule has 1 aromatic carbocycles. The van der Waals surface area contributed by atoms with Gasteiger partial charge in [-0.3, -0.25) is 4.68 Å². The highest BCUT2D eigenvalue weighted by Crippen LogP contribution is 2.08. The van der Waals surface area contributed by atoms with E-state index in [0.717, 1.165) is 18.7 Å². The molecule has 0 radical (unpaired) electrons. The second kappa shape index (κ2) is 6.16.